The molecule has 0 aliphatic carbocycles. The van der Waals surface area contributed by atoms with Gasteiger partial charge in [-0.3, -0.25) is 14.5 Å². The fourth-order valence-electron chi connectivity index (χ4n) is 5.02. The molecule has 0 saturated carbocycles. The summed E-state index contributed by atoms with van der Waals surface area (Å²) in [6, 6.07) is 12.6. The molecule has 0 spiro atoms. The summed E-state index contributed by atoms with van der Waals surface area (Å²) in [6.07, 6.45) is 2.64. The third-order valence-electron chi connectivity index (χ3n) is 7.21. The van der Waals surface area contributed by atoms with Gasteiger partial charge in [-0.25, -0.2) is 4.39 Å². The summed E-state index contributed by atoms with van der Waals surface area (Å²) in [5, 5.41) is 6.86. The first-order valence-corrected chi connectivity index (χ1v) is 13.7. The van der Waals surface area contributed by atoms with Crippen molar-refractivity contribution in [2.24, 2.45) is 5.92 Å². The average molecular weight is 530 g/mol. The van der Waals surface area contributed by atoms with Crippen molar-refractivity contribution in [2.75, 3.05) is 19.6 Å². The molecule has 1 saturated heterocycles. The molecular weight excluding hydrogens is 489 g/mol. The Morgan fingerprint density at radius 2 is 1.84 bits per heavy atom. The van der Waals surface area contributed by atoms with Crippen molar-refractivity contribution < 1.29 is 14.0 Å². The molecule has 37 heavy (non-hydrogen) atoms. The van der Waals surface area contributed by atoms with Crippen LogP contribution in [0.2, 0.25) is 5.02 Å². The van der Waals surface area contributed by atoms with Crippen LogP contribution in [0.3, 0.4) is 0 Å². The van der Waals surface area contributed by atoms with Crippen LogP contribution >= 0.6 is 11.6 Å². The highest BCUT2D eigenvalue weighted by Gasteiger charge is 2.42. The summed E-state index contributed by atoms with van der Waals surface area (Å²) in [5.41, 5.74) is 2.36. The summed E-state index contributed by atoms with van der Waals surface area (Å²) < 4.78 is 14.9. The number of hydrogen-bond donors (Lipinski definition) is 2. The van der Waals surface area contributed by atoms with E-state index in [4.69, 9.17) is 11.6 Å². The minimum atomic E-state index is -0.326. The van der Waals surface area contributed by atoms with Crippen LogP contribution in [0.25, 0.3) is 0 Å². The number of carbonyl (C=O) groups is 2. The molecule has 0 aromatic heterocycles. The molecule has 1 unspecified atom stereocenters. The van der Waals surface area contributed by atoms with Gasteiger partial charge in [-0.15, -0.1) is 0 Å². The highest BCUT2D eigenvalue weighted by atomic mass is 35.5. The molecule has 2 amide bonds. The van der Waals surface area contributed by atoms with Gasteiger partial charge in [0.25, 0.3) is 0 Å². The lowest BCUT2D eigenvalue weighted by Crippen LogP contribution is -2.41. The highest BCUT2D eigenvalue weighted by Crippen LogP contribution is 2.37. The molecular formula is C30H41ClFN3O2. The zero-order chi connectivity index (χ0) is 27.2. The van der Waals surface area contributed by atoms with Gasteiger partial charge in [-0.1, -0.05) is 42.8 Å². The van der Waals surface area contributed by atoms with E-state index in [1.165, 1.54) is 0 Å². The molecule has 3 rings (SSSR count). The first kappa shape index (κ1) is 29.1. The fraction of sp³-hybridized carbons (Fsp3) is 0.533. The summed E-state index contributed by atoms with van der Waals surface area (Å²) in [6.45, 7) is 11.9. The zero-order valence-corrected chi connectivity index (χ0v) is 23.5. The second-order valence-electron chi connectivity index (χ2n) is 11.2. The van der Waals surface area contributed by atoms with E-state index < -0.39 is 0 Å². The lowest BCUT2D eigenvalue weighted by Gasteiger charge is -2.31. The molecule has 202 valence electrons. The maximum absolute atomic E-state index is 14.9. The Kier molecular flexibility index (Phi) is 10.1. The molecule has 2 aromatic rings. The van der Waals surface area contributed by atoms with Crippen LogP contribution in [0.15, 0.2) is 42.5 Å². The summed E-state index contributed by atoms with van der Waals surface area (Å²) in [7, 11) is 0. The highest BCUT2D eigenvalue weighted by molar-refractivity contribution is 6.30. The van der Waals surface area contributed by atoms with Gasteiger partial charge >= 0.3 is 0 Å². The summed E-state index contributed by atoms with van der Waals surface area (Å²) in [4.78, 5) is 27.9. The lowest BCUT2D eigenvalue weighted by molar-refractivity contribution is -0.125. The fourth-order valence-corrected chi connectivity index (χ4v) is 5.15. The molecule has 7 heteroatoms. The molecule has 2 aromatic carbocycles. The van der Waals surface area contributed by atoms with Gasteiger partial charge < -0.3 is 10.6 Å². The SMILES string of the molecule is CCCC(=O)N[C@@H](CCCNC(=O)[C@@H]1CN(C(C)(C)C)CC1c1ccc(C)cc1F)c1ccc(Cl)cc1. The van der Waals surface area contributed by atoms with E-state index in [-0.39, 0.29) is 41.0 Å². The first-order chi connectivity index (χ1) is 17.5. The van der Waals surface area contributed by atoms with Crippen LogP contribution < -0.4 is 10.6 Å². The van der Waals surface area contributed by atoms with Crippen LogP contribution in [0.5, 0.6) is 0 Å². The van der Waals surface area contributed by atoms with Crippen LogP contribution in [0.4, 0.5) is 4.39 Å². The molecule has 1 heterocycles. The topological polar surface area (TPSA) is 61.4 Å². The number of halogens is 2. The number of likely N-dealkylation sites (tertiary alicyclic amines) is 1. The van der Waals surface area contributed by atoms with Gasteiger partial charge in [0.05, 0.1) is 12.0 Å². The molecule has 1 aliphatic heterocycles. The normalized spacial score (nSPS) is 19.0. The number of hydrogen-bond acceptors (Lipinski definition) is 3. The number of nitrogens with one attached hydrogen (secondary N) is 2. The van der Waals surface area contributed by atoms with E-state index in [1.807, 2.05) is 50.2 Å². The minimum absolute atomic E-state index is 0.0164. The number of carbonyl (C=O) groups excluding carboxylic acids is 2. The predicted octanol–water partition coefficient (Wildman–Crippen LogP) is 6.16. The van der Waals surface area contributed by atoms with Crippen LogP contribution in [0, 0.1) is 18.7 Å². The number of aryl methyl sites for hydroxylation is 1. The smallest absolute Gasteiger partial charge is 0.225 e. The van der Waals surface area contributed by atoms with Crippen molar-refractivity contribution in [3.8, 4) is 0 Å². The van der Waals surface area contributed by atoms with E-state index in [0.29, 0.717) is 49.5 Å². The summed E-state index contributed by atoms with van der Waals surface area (Å²) >= 11 is 6.05. The van der Waals surface area contributed by atoms with Gasteiger partial charge in [-0.2, -0.15) is 0 Å². The maximum atomic E-state index is 14.9. The molecule has 5 nitrogen and oxygen atoms in total. The van der Waals surface area contributed by atoms with Crippen molar-refractivity contribution in [1.29, 1.82) is 0 Å². The molecule has 1 aliphatic rings. The molecule has 3 atom stereocenters. The first-order valence-electron chi connectivity index (χ1n) is 13.3. The predicted molar refractivity (Wildman–Crippen MR) is 148 cm³/mol. The Labute approximate surface area is 226 Å². The van der Waals surface area contributed by atoms with E-state index in [2.05, 4.69) is 36.3 Å². The van der Waals surface area contributed by atoms with E-state index in [0.717, 1.165) is 17.5 Å². The number of amides is 2. The van der Waals surface area contributed by atoms with Crippen molar-refractivity contribution in [2.45, 2.75) is 77.8 Å². The van der Waals surface area contributed by atoms with Gasteiger partial charge in [-0.05, 0) is 81.8 Å². The Bertz CT molecular complexity index is 1070. The Hall–Kier alpha value is -2.44. The lowest BCUT2D eigenvalue weighted by atomic mass is 9.87. The van der Waals surface area contributed by atoms with Crippen LogP contribution in [0.1, 0.15) is 82.0 Å². The quantitative estimate of drug-likeness (QED) is 0.362. The molecule has 0 bridgehead atoms. The number of benzene rings is 2. The van der Waals surface area contributed by atoms with E-state index >= 15 is 0 Å². The van der Waals surface area contributed by atoms with Crippen LogP contribution in [-0.2, 0) is 9.59 Å². The standard InChI is InChI=1S/C30H41ClFN3O2/c1-6-8-28(36)34-27(21-11-13-22(31)14-12-21)9-7-16-33-29(37)25-19-35(30(3,4)5)18-24(25)23-15-10-20(2)17-26(23)32/h10-15,17,24-25,27H,6-9,16,18-19H2,1-5H3,(H,33,37)(H,34,36)/t24?,25-,27+/m1/s1. The van der Waals surface area contributed by atoms with Crippen LogP contribution in [-0.4, -0.2) is 41.9 Å². The second kappa shape index (κ2) is 12.9. The van der Waals surface area contributed by atoms with E-state index in [1.54, 1.807) is 6.07 Å². The van der Waals surface area contributed by atoms with E-state index in [9.17, 15) is 14.0 Å². The largest absolute Gasteiger partial charge is 0.356 e. The van der Waals surface area contributed by atoms with Gasteiger partial charge in [0.1, 0.15) is 5.82 Å². The monoisotopic (exact) mass is 529 g/mol. The average Bonchev–Trinajstić information content (AvgIpc) is 3.27. The number of nitrogens with zero attached hydrogens (tertiary/aromatic N) is 1. The van der Waals surface area contributed by atoms with Gasteiger partial charge in [0.2, 0.25) is 11.8 Å². The molecule has 0 radical (unpaired) electrons. The third kappa shape index (κ3) is 8.02. The zero-order valence-electron chi connectivity index (χ0n) is 22.7. The Morgan fingerprint density at radius 1 is 1.14 bits per heavy atom. The van der Waals surface area contributed by atoms with Crippen molar-refractivity contribution >= 4 is 23.4 Å². The molecule has 2 N–H and O–H groups in total. The Balaban J connectivity index is 1.65. The van der Waals surface area contributed by atoms with Crippen molar-refractivity contribution in [3.05, 3.63) is 70.0 Å². The van der Waals surface area contributed by atoms with Crippen molar-refractivity contribution in [1.82, 2.24) is 15.5 Å². The third-order valence-corrected chi connectivity index (χ3v) is 7.47. The second-order valence-corrected chi connectivity index (χ2v) is 11.6. The Morgan fingerprint density at radius 3 is 2.46 bits per heavy atom. The minimum Gasteiger partial charge on any atom is -0.356 e. The number of rotatable bonds is 10. The summed E-state index contributed by atoms with van der Waals surface area (Å²) in [5.74, 6) is -0.799. The molecule has 1 fully saturated rings. The van der Waals surface area contributed by atoms with Gasteiger partial charge in [0.15, 0.2) is 0 Å². The maximum Gasteiger partial charge on any atom is 0.225 e. The van der Waals surface area contributed by atoms with Gasteiger partial charge in [0, 0.05) is 42.5 Å². The van der Waals surface area contributed by atoms with Crippen molar-refractivity contribution in [3.63, 3.8) is 0 Å².